The van der Waals surface area contributed by atoms with Gasteiger partial charge in [-0.1, -0.05) is 13.8 Å². The topological polar surface area (TPSA) is 48.3 Å². The molecular weight excluding hydrogens is 334 g/mol. The van der Waals surface area contributed by atoms with Gasteiger partial charge in [-0.05, 0) is 49.2 Å². The van der Waals surface area contributed by atoms with Gasteiger partial charge in [-0.3, -0.25) is 4.68 Å². The third-order valence-electron chi connectivity index (χ3n) is 3.11. The van der Waals surface area contributed by atoms with Crippen molar-refractivity contribution in [2.75, 3.05) is 19.8 Å². The first-order valence-corrected chi connectivity index (χ1v) is 8.66. The van der Waals surface area contributed by atoms with Gasteiger partial charge >= 0.3 is 0 Å². The molecule has 122 valence electrons. The number of aromatic nitrogens is 2. The lowest BCUT2D eigenvalue weighted by molar-refractivity contribution is -0.156. The summed E-state index contributed by atoms with van der Waals surface area (Å²) in [7, 11) is 0. The number of halogens is 1. The van der Waals surface area contributed by atoms with Crippen molar-refractivity contribution in [3.05, 3.63) is 16.4 Å². The number of nitrogens with zero attached hydrogens (tertiary/aromatic N) is 2. The molecule has 1 heterocycles. The van der Waals surface area contributed by atoms with Crippen molar-refractivity contribution in [3.8, 4) is 0 Å². The molecule has 1 unspecified atom stereocenters. The van der Waals surface area contributed by atoms with Crippen LogP contribution in [0.5, 0.6) is 0 Å². The summed E-state index contributed by atoms with van der Waals surface area (Å²) in [6.07, 6.45) is 3.63. The molecule has 1 atom stereocenters. The van der Waals surface area contributed by atoms with Crippen molar-refractivity contribution >= 4 is 15.9 Å². The third kappa shape index (κ3) is 5.36. The molecule has 1 aromatic rings. The first kappa shape index (κ1) is 18.6. The van der Waals surface area contributed by atoms with Gasteiger partial charge in [0, 0.05) is 19.8 Å². The average Bonchev–Trinajstić information content (AvgIpc) is 2.82. The van der Waals surface area contributed by atoms with Crippen molar-refractivity contribution in [1.29, 1.82) is 0 Å². The molecule has 0 radical (unpaired) electrons. The molecule has 1 rings (SSSR count). The van der Waals surface area contributed by atoms with Crippen molar-refractivity contribution in [2.24, 2.45) is 0 Å². The maximum absolute atomic E-state index is 5.81. The van der Waals surface area contributed by atoms with Gasteiger partial charge in [-0.2, -0.15) is 5.10 Å². The lowest BCUT2D eigenvalue weighted by Gasteiger charge is -2.28. The molecule has 6 heteroatoms. The fourth-order valence-electron chi connectivity index (χ4n) is 2.26. The summed E-state index contributed by atoms with van der Waals surface area (Å²) in [5.74, 6) is 0. The summed E-state index contributed by atoms with van der Waals surface area (Å²) in [4.78, 5) is 0. The van der Waals surface area contributed by atoms with Crippen molar-refractivity contribution in [1.82, 2.24) is 15.1 Å². The first-order valence-electron chi connectivity index (χ1n) is 7.87. The quantitative estimate of drug-likeness (QED) is 0.612. The molecular formula is C15H28BrN3O2. The van der Waals surface area contributed by atoms with E-state index in [4.69, 9.17) is 9.47 Å². The summed E-state index contributed by atoms with van der Waals surface area (Å²) in [5.41, 5.74) is 1.09. The summed E-state index contributed by atoms with van der Waals surface area (Å²) >= 11 is 3.62. The van der Waals surface area contributed by atoms with E-state index in [0.29, 0.717) is 13.2 Å². The maximum Gasteiger partial charge on any atom is 0.178 e. The highest BCUT2D eigenvalue weighted by molar-refractivity contribution is 9.10. The Hall–Kier alpha value is -0.430. The summed E-state index contributed by atoms with van der Waals surface area (Å²) in [5, 5.41) is 8.00. The Balaban J connectivity index is 3.06. The van der Waals surface area contributed by atoms with Crippen LogP contribution in [0.4, 0.5) is 0 Å². The van der Waals surface area contributed by atoms with Crippen LogP contribution in [-0.2, 0) is 16.0 Å². The zero-order valence-corrected chi connectivity index (χ0v) is 15.1. The highest BCUT2D eigenvalue weighted by Gasteiger charge is 2.29. The van der Waals surface area contributed by atoms with E-state index in [1.807, 2.05) is 24.7 Å². The van der Waals surface area contributed by atoms with E-state index in [0.717, 1.165) is 36.1 Å². The third-order valence-corrected chi connectivity index (χ3v) is 3.72. The smallest absolute Gasteiger partial charge is 0.178 e. The van der Waals surface area contributed by atoms with Crippen LogP contribution in [-0.4, -0.2) is 35.8 Å². The molecule has 0 saturated heterocycles. The molecule has 0 spiro atoms. The van der Waals surface area contributed by atoms with Gasteiger partial charge < -0.3 is 14.8 Å². The van der Waals surface area contributed by atoms with Crippen LogP contribution in [0.3, 0.4) is 0 Å². The summed E-state index contributed by atoms with van der Waals surface area (Å²) < 4.78 is 14.6. The van der Waals surface area contributed by atoms with Gasteiger partial charge in [0.1, 0.15) is 6.04 Å². The lowest BCUT2D eigenvalue weighted by atomic mass is 10.2. The SMILES string of the molecule is CCCNC(c1c(Br)cnn1CCC)C(OCC)OCC. The maximum atomic E-state index is 5.81. The van der Waals surface area contributed by atoms with Gasteiger partial charge in [-0.15, -0.1) is 0 Å². The predicted octanol–water partition coefficient (Wildman–Crippen LogP) is 3.50. The number of hydrogen-bond donors (Lipinski definition) is 1. The van der Waals surface area contributed by atoms with Crippen molar-refractivity contribution < 1.29 is 9.47 Å². The second-order valence-electron chi connectivity index (χ2n) is 4.81. The van der Waals surface area contributed by atoms with E-state index in [1.54, 1.807) is 0 Å². The average molecular weight is 362 g/mol. The predicted molar refractivity (Wildman–Crippen MR) is 88.3 cm³/mol. The molecule has 0 bridgehead atoms. The molecule has 21 heavy (non-hydrogen) atoms. The molecule has 0 saturated carbocycles. The molecule has 0 aromatic carbocycles. The zero-order chi connectivity index (χ0) is 15.7. The number of nitrogens with one attached hydrogen (secondary N) is 1. The fraction of sp³-hybridized carbons (Fsp3) is 0.800. The molecule has 0 aliphatic carbocycles. The molecule has 5 nitrogen and oxygen atoms in total. The van der Waals surface area contributed by atoms with Gasteiger partial charge in [0.15, 0.2) is 6.29 Å². The molecule has 0 aliphatic heterocycles. The second kappa shape index (κ2) is 10.3. The van der Waals surface area contributed by atoms with Crippen LogP contribution >= 0.6 is 15.9 Å². The largest absolute Gasteiger partial charge is 0.351 e. The minimum atomic E-state index is -0.310. The normalized spacial score (nSPS) is 13.0. The van der Waals surface area contributed by atoms with Crippen molar-refractivity contribution in [3.63, 3.8) is 0 Å². The van der Waals surface area contributed by atoms with Gasteiger partial charge in [0.25, 0.3) is 0 Å². The van der Waals surface area contributed by atoms with Gasteiger partial charge in [0.2, 0.25) is 0 Å². The summed E-state index contributed by atoms with van der Waals surface area (Å²) in [6.45, 7) is 11.3. The van der Waals surface area contributed by atoms with Crippen LogP contribution in [0.2, 0.25) is 0 Å². The fourth-order valence-corrected chi connectivity index (χ4v) is 2.80. The Labute approximate surface area is 136 Å². The van der Waals surface area contributed by atoms with E-state index >= 15 is 0 Å². The van der Waals surface area contributed by atoms with E-state index in [9.17, 15) is 0 Å². The molecule has 1 aromatic heterocycles. The standard InChI is InChI=1S/C15H28BrN3O2/c1-5-9-17-13(15(20-7-3)21-8-4)14-12(16)11-18-19(14)10-6-2/h11,13,15,17H,5-10H2,1-4H3. The highest BCUT2D eigenvalue weighted by atomic mass is 79.9. The number of rotatable bonds is 11. The zero-order valence-electron chi connectivity index (χ0n) is 13.6. The second-order valence-corrected chi connectivity index (χ2v) is 5.67. The first-order chi connectivity index (χ1) is 10.2. The van der Waals surface area contributed by atoms with E-state index in [-0.39, 0.29) is 12.3 Å². The summed E-state index contributed by atoms with van der Waals surface area (Å²) in [6, 6.07) is -0.0340. The Bertz CT molecular complexity index is 392. The van der Waals surface area contributed by atoms with E-state index < -0.39 is 0 Å². The van der Waals surface area contributed by atoms with Crippen LogP contribution in [0.1, 0.15) is 52.3 Å². The number of aryl methyl sites for hydroxylation is 1. The Morgan fingerprint density at radius 2 is 1.86 bits per heavy atom. The number of ether oxygens (including phenoxy) is 2. The monoisotopic (exact) mass is 361 g/mol. The molecule has 1 N–H and O–H groups in total. The minimum absolute atomic E-state index is 0.0340. The van der Waals surface area contributed by atoms with Crippen molar-refractivity contribution in [2.45, 2.75) is 59.4 Å². The van der Waals surface area contributed by atoms with Crippen LogP contribution in [0, 0.1) is 0 Å². The van der Waals surface area contributed by atoms with Gasteiger partial charge in [-0.25, -0.2) is 0 Å². The van der Waals surface area contributed by atoms with Crippen LogP contribution in [0.15, 0.2) is 10.7 Å². The van der Waals surface area contributed by atoms with E-state index in [2.05, 4.69) is 40.2 Å². The van der Waals surface area contributed by atoms with Crippen LogP contribution < -0.4 is 5.32 Å². The lowest BCUT2D eigenvalue weighted by Crippen LogP contribution is -2.38. The molecule has 0 fully saturated rings. The number of hydrogen-bond acceptors (Lipinski definition) is 4. The van der Waals surface area contributed by atoms with Crippen LogP contribution in [0.25, 0.3) is 0 Å². The minimum Gasteiger partial charge on any atom is -0.351 e. The van der Waals surface area contributed by atoms with E-state index in [1.165, 1.54) is 0 Å². The Kier molecular flexibility index (Phi) is 9.15. The molecule has 0 aliphatic rings. The highest BCUT2D eigenvalue weighted by Crippen LogP contribution is 2.28. The Morgan fingerprint density at radius 1 is 1.19 bits per heavy atom. The Morgan fingerprint density at radius 3 is 2.38 bits per heavy atom. The molecule has 0 amide bonds. The van der Waals surface area contributed by atoms with Gasteiger partial charge in [0.05, 0.1) is 16.4 Å².